The highest BCUT2D eigenvalue weighted by Crippen LogP contribution is 2.22. The molecule has 0 fully saturated rings. The fourth-order valence-electron chi connectivity index (χ4n) is 1.88. The maximum Gasteiger partial charge on any atom is 0.316 e. The van der Waals surface area contributed by atoms with Crippen molar-refractivity contribution >= 4 is 17.7 Å². The average molecular weight is 306 g/mol. The second kappa shape index (κ2) is 6.17. The molecule has 0 spiro atoms. The Morgan fingerprint density at radius 2 is 2.14 bits per heavy atom. The Kier molecular flexibility index (Phi) is 4.52. The minimum absolute atomic E-state index is 0.408. The van der Waals surface area contributed by atoms with E-state index in [9.17, 15) is 4.79 Å². The molecule has 1 aromatic carbocycles. The number of aryl methyl sites for hydroxylation is 2. The van der Waals surface area contributed by atoms with Crippen LogP contribution in [0.25, 0.3) is 0 Å². The topological polar surface area (TPSA) is 94.0 Å². The second-order valence-corrected chi connectivity index (χ2v) is 6.28. The Labute approximate surface area is 127 Å². The number of thioether (sulfide) groups is 1. The van der Waals surface area contributed by atoms with Gasteiger partial charge in [-0.25, -0.2) is 4.68 Å². The zero-order valence-corrected chi connectivity index (χ0v) is 13.0. The Bertz CT molecular complexity index is 669. The molecule has 1 aromatic heterocycles. The van der Waals surface area contributed by atoms with Crippen molar-refractivity contribution in [2.45, 2.75) is 37.6 Å². The lowest BCUT2D eigenvalue weighted by molar-refractivity contribution is -0.136. The monoisotopic (exact) mass is 306 g/mol. The smallest absolute Gasteiger partial charge is 0.316 e. The van der Waals surface area contributed by atoms with Gasteiger partial charge in [0.1, 0.15) is 5.25 Å². The van der Waals surface area contributed by atoms with Gasteiger partial charge >= 0.3 is 5.97 Å². The Hall–Kier alpha value is -2.02. The minimum Gasteiger partial charge on any atom is -0.480 e. The van der Waals surface area contributed by atoms with Gasteiger partial charge in [0.15, 0.2) is 5.82 Å². The van der Waals surface area contributed by atoms with Gasteiger partial charge < -0.3 is 10.9 Å². The zero-order valence-electron chi connectivity index (χ0n) is 12.2. The lowest BCUT2D eigenvalue weighted by atomic mass is 10.0. The van der Waals surface area contributed by atoms with Gasteiger partial charge in [0.25, 0.3) is 0 Å². The molecule has 7 heteroatoms. The Balaban J connectivity index is 2.20. The molecule has 3 N–H and O–H groups in total. The first kappa shape index (κ1) is 15.4. The summed E-state index contributed by atoms with van der Waals surface area (Å²) >= 11 is 1.08. The molecule has 0 bridgehead atoms. The number of nitrogens with zero attached hydrogens (tertiary/aromatic N) is 3. The quantitative estimate of drug-likeness (QED) is 0.646. The lowest BCUT2D eigenvalue weighted by Crippen LogP contribution is -2.18. The Morgan fingerprint density at radius 1 is 1.43 bits per heavy atom. The maximum atomic E-state index is 10.9. The number of benzene rings is 1. The second-order valence-electron chi connectivity index (χ2n) is 4.97. The third-order valence-corrected chi connectivity index (χ3v) is 4.26. The van der Waals surface area contributed by atoms with E-state index in [0.29, 0.717) is 17.4 Å². The van der Waals surface area contributed by atoms with Crippen LogP contribution in [0.2, 0.25) is 0 Å². The van der Waals surface area contributed by atoms with Gasteiger partial charge in [-0.05, 0) is 31.9 Å². The summed E-state index contributed by atoms with van der Waals surface area (Å²) in [7, 11) is 0. The SMILES string of the molecule is Cc1ccc(C)c(Cc2nnc(SC(C)C(=O)O)n2N)c1. The highest BCUT2D eigenvalue weighted by Gasteiger charge is 2.18. The van der Waals surface area contributed by atoms with E-state index in [1.165, 1.54) is 10.2 Å². The largest absolute Gasteiger partial charge is 0.480 e. The van der Waals surface area contributed by atoms with Crippen molar-refractivity contribution in [3.63, 3.8) is 0 Å². The minimum atomic E-state index is -0.904. The van der Waals surface area contributed by atoms with E-state index < -0.39 is 11.2 Å². The molecular formula is C14H18N4O2S. The summed E-state index contributed by atoms with van der Waals surface area (Å²) in [6.07, 6.45) is 0.568. The van der Waals surface area contributed by atoms with Crippen LogP contribution in [0.3, 0.4) is 0 Å². The van der Waals surface area contributed by atoms with Crippen LogP contribution in [-0.2, 0) is 11.2 Å². The van der Waals surface area contributed by atoms with Crippen LogP contribution >= 0.6 is 11.8 Å². The number of aliphatic carboxylic acids is 1. The molecule has 0 saturated heterocycles. The van der Waals surface area contributed by atoms with Crippen LogP contribution in [0.15, 0.2) is 23.4 Å². The van der Waals surface area contributed by atoms with Gasteiger partial charge in [0, 0.05) is 6.42 Å². The maximum absolute atomic E-state index is 10.9. The molecule has 112 valence electrons. The molecule has 0 aliphatic carbocycles. The number of carbonyl (C=O) groups is 1. The molecule has 6 nitrogen and oxygen atoms in total. The van der Waals surface area contributed by atoms with Crippen LogP contribution in [0, 0.1) is 13.8 Å². The highest BCUT2D eigenvalue weighted by molar-refractivity contribution is 8.00. The van der Waals surface area contributed by atoms with Crippen molar-refractivity contribution in [3.8, 4) is 0 Å². The summed E-state index contributed by atoms with van der Waals surface area (Å²) < 4.78 is 1.37. The van der Waals surface area contributed by atoms with E-state index in [4.69, 9.17) is 10.9 Å². The number of nitrogen functional groups attached to an aromatic ring is 1. The van der Waals surface area contributed by atoms with Crippen LogP contribution in [0.4, 0.5) is 0 Å². The normalized spacial score (nSPS) is 12.3. The highest BCUT2D eigenvalue weighted by atomic mass is 32.2. The fraction of sp³-hybridized carbons (Fsp3) is 0.357. The molecule has 0 radical (unpaired) electrons. The molecule has 21 heavy (non-hydrogen) atoms. The lowest BCUT2D eigenvalue weighted by Gasteiger charge is -2.08. The summed E-state index contributed by atoms with van der Waals surface area (Å²) in [6.45, 7) is 5.66. The first-order chi connectivity index (χ1) is 9.88. The van der Waals surface area contributed by atoms with Crippen LogP contribution in [0.1, 0.15) is 29.4 Å². The van der Waals surface area contributed by atoms with Gasteiger partial charge in [0.2, 0.25) is 5.16 Å². The molecular weight excluding hydrogens is 288 g/mol. The number of rotatable bonds is 5. The number of carboxylic acid groups (broad SMARTS) is 1. The first-order valence-corrected chi connectivity index (χ1v) is 7.41. The molecule has 0 amide bonds. The number of hydrogen-bond donors (Lipinski definition) is 2. The molecule has 1 heterocycles. The van der Waals surface area contributed by atoms with E-state index in [0.717, 1.165) is 22.9 Å². The van der Waals surface area contributed by atoms with Crippen molar-refractivity contribution in [1.29, 1.82) is 0 Å². The number of nitrogens with two attached hydrogens (primary N) is 1. The standard InChI is InChI=1S/C14H18N4O2S/c1-8-4-5-9(2)11(6-8)7-12-16-17-14(18(12)15)21-10(3)13(19)20/h4-6,10H,7,15H2,1-3H3,(H,19,20). The van der Waals surface area contributed by atoms with Crippen molar-refractivity contribution in [2.75, 3.05) is 5.84 Å². The molecule has 1 atom stereocenters. The van der Waals surface area contributed by atoms with E-state index in [-0.39, 0.29) is 0 Å². The van der Waals surface area contributed by atoms with Gasteiger partial charge in [-0.2, -0.15) is 0 Å². The molecule has 0 saturated carbocycles. The van der Waals surface area contributed by atoms with E-state index in [2.05, 4.69) is 28.4 Å². The van der Waals surface area contributed by atoms with Crippen LogP contribution in [-0.4, -0.2) is 31.2 Å². The molecule has 1 unspecified atom stereocenters. The van der Waals surface area contributed by atoms with E-state index in [1.54, 1.807) is 6.92 Å². The third-order valence-electron chi connectivity index (χ3n) is 3.22. The summed E-state index contributed by atoms with van der Waals surface area (Å²) in [5.74, 6) is 5.68. The van der Waals surface area contributed by atoms with Gasteiger partial charge in [-0.3, -0.25) is 4.79 Å². The molecule has 0 aliphatic heterocycles. The first-order valence-electron chi connectivity index (χ1n) is 6.53. The van der Waals surface area contributed by atoms with E-state index in [1.807, 2.05) is 13.8 Å². The predicted molar refractivity (Wildman–Crippen MR) is 81.8 cm³/mol. The average Bonchev–Trinajstić information content (AvgIpc) is 2.75. The summed E-state index contributed by atoms with van der Waals surface area (Å²) in [5, 5.41) is 16.8. The molecule has 0 aliphatic rings. The fourth-order valence-corrected chi connectivity index (χ4v) is 2.60. The van der Waals surface area contributed by atoms with Gasteiger partial charge in [0.05, 0.1) is 0 Å². The zero-order chi connectivity index (χ0) is 15.6. The summed E-state index contributed by atoms with van der Waals surface area (Å²) in [4.78, 5) is 10.9. The van der Waals surface area contributed by atoms with E-state index >= 15 is 0 Å². The number of aromatic nitrogens is 3. The van der Waals surface area contributed by atoms with Crippen LogP contribution in [0.5, 0.6) is 0 Å². The summed E-state index contributed by atoms with van der Waals surface area (Å²) in [6, 6.07) is 6.21. The predicted octanol–water partition coefficient (Wildman–Crippen LogP) is 1.76. The molecule has 2 aromatic rings. The molecule has 2 rings (SSSR count). The van der Waals surface area contributed by atoms with Crippen LogP contribution < -0.4 is 5.84 Å². The van der Waals surface area contributed by atoms with Gasteiger partial charge in [-0.15, -0.1) is 10.2 Å². The number of carboxylic acids is 1. The van der Waals surface area contributed by atoms with Crippen molar-refractivity contribution in [3.05, 3.63) is 40.7 Å². The number of hydrogen-bond acceptors (Lipinski definition) is 5. The van der Waals surface area contributed by atoms with Crippen molar-refractivity contribution in [2.24, 2.45) is 0 Å². The van der Waals surface area contributed by atoms with Crippen molar-refractivity contribution < 1.29 is 9.90 Å². The summed E-state index contributed by atoms with van der Waals surface area (Å²) in [5.41, 5.74) is 3.47. The van der Waals surface area contributed by atoms with Crippen molar-refractivity contribution in [1.82, 2.24) is 14.9 Å². The Morgan fingerprint density at radius 3 is 2.81 bits per heavy atom. The van der Waals surface area contributed by atoms with Gasteiger partial charge in [-0.1, -0.05) is 35.5 Å². The third kappa shape index (κ3) is 3.55.